The van der Waals surface area contributed by atoms with E-state index in [1.807, 2.05) is 24.3 Å². The molecule has 10 nitrogen and oxygen atoms in total. The summed E-state index contributed by atoms with van der Waals surface area (Å²) in [6.07, 6.45) is 0.792. The van der Waals surface area contributed by atoms with Crippen LogP contribution in [0.2, 0.25) is 0 Å². The van der Waals surface area contributed by atoms with Crippen molar-refractivity contribution in [3.63, 3.8) is 0 Å². The van der Waals surface area contributed by atoms with Gasteiger partial charge in [0.1, 0.15) is 5.75 Å². The number of aryl methyl sites for hydroxylation is 2. The molecule has 0 aliphatic heterocycles. The third-order valence-corrected chi connectivity index (χ3v) is 7.65. The Kier molecular flexibility index (Phi) is 7.81. The fourth-order valence-corrected chi connectivity index (χ4v) is 5.52. The van der Waals surface area contributed by atoms with Crippen molar-refractivity contribution in [2.45, 2.75) is 44.6 Å². The lowest BCUT2D eigenvalue weighted by atomic mass is 10.1. The van der Waals surface area contributed by atoms with Gasteiger partial charge in [-0.25, -0.2) is 18.1 Å². The zero-order valence-corrected chi connectivity index (χ0v) is 21.4. The van der Waals surface area contributed by atoms with Gasteiger partial charge in [-0.3, -0.25) is 9.79 Å². The van der Waals surface area contributed by atoms with Crippen LogP contribution in [0.5, 0.6) is 5.75 Å². The van der Waals surface area contributed by atoms with E-state index in [1.54, 1.807) is 38.5 Å². The molecular weight excluding hydrogens is 468 g/mol. The van der Waals surface area contributed by atoms with Gasteiger partial charge in [-0.2, -0.15) is 0 Å². The van der Waals surface area contributed by atoms with Gasteiger partial charge < -0.3 is 20.8 Å². The number of carbonyl (C=O) groups is 1. The number of ketones is 1. The van der Waals surface area contributed by atoms with E-state index in [0.717, 1.165) is 16.6 Å². The number of imidazole rings is 1. The maximum Gasteiger partial charge on any atom is 0.264 e. The van der Waals surface area contributed by atoms with Crippen molar-refractivity contribution in [3.05, 3.63) is 52.8 Å². The molecule has 0 aliphatic rings. The number of nitrogens with zero attached hydrogens (tertiary/aromatic N) is 3. The standard InChI is InChI=1S/C24H32N6O4S/c1-14-13-20(34-5)15(2)16(3)22(14)35(32,33)29-24(26)27-12-8-9-17(25)21(31)23-28-18-10-6-7-11-19(18)30(23)4/h6-7,10-11,13,17H,8-9,12,25H2,1-5H3,(H3,26,27,29)/t17-/m0/s1. The summed E-state index contributed by atoms with van der Waals surface area (Å²) in [7, 11) is -0.624. The number of aromatic nitrogens is 2. The Hall–Kier alpha value is -3.44. The van der Waals surface area contributed by atoms with Crippen molar-refractivity contribution in [1.29, 1.82) is 0 Å². The highest BCUT2D eigenvalue weighted by Crippen LogP contribution is 2.30. The van der Waals surface area contributed by atoms with Gasteiger partial charge >= 0.3 is 0 Å². The van der Waals surface area contributed by atoms with E-state index in [4.69, 9.17) is 16.2 Å². The number of nitrogens with two attached hydrogens (primary N) is 2. The van der Waals surface area contributed by atoms with Crippen LogP contribution in [0.15, 0.2) is 40.2 Å². The Morgan fingerprint density at radius 3 is 2.57 bits per heavy atom. The van der Waals surface area contributed by atoms with Crippen molar-refractivity contribution in [2.24, 2.45) is 23.5 Å². The zero-order chi connectivity index (χ0) is 25.9. The Bertz CT molecular complexity index is 1390. The van der Waals surface area contributed by atoms with Crippen LogP contribution < -0.4 is 20.9 Å². The Morgan fingerprint density at radius 2 is 1.91 bits per heavy atom. The number of benzene rings is 2. The van der Waals surface area contributed by atoms with Gasteiger partial charge in [-0.1, -0.05) is 12.1 Å². The van der Waals surface area contributed by atoms with Gasteiger partial charge in [0.2, 0.25) is 11.7 Å². The van der Waals surface area contributed by atoms with E-state index in [-0.39, 0.29) is 23.2 Å². The number of guanidine groups is 1. The molecule has 3 aromatic rings. The minimum Gasteiger partial charge on any atom is -0.496 e. The summed E-state index contributed by atoms with van der Waals surface area (Å²) in [5.41, 5.74) is 15.4. The third kappa shape index (κ3) is 5.46. The predicted octanol–water partition coefficient (Wildman–Crippen LogP) is 2.09. The van der Waals surface area contributed by atoms with E-state index in [0.29, 0.717) is 35.5 Å². The molecule has 0 radical (unpaired) electrons. The number of Topliss-reactive ketones (excluding diaryl/α,β-unsaturated/α-hetero) is 1. The quantitative estimate of drug-likeness (QED) is 0.176. The molecule has 0 bridgehead atoms. The first-order valence-electron chi connectivity index (χ1n) is 11.2. The highest BCUT2D eigenvalue weighted by molar-refractivity contribution is 7.90. The highest BCUT2D eigenvalue weighted by Gasteiger charge is 2.24. The summed E-state index contributed by atoms with van der Waals surface area (Å²) < 4.78 is 35.2. The second kappa shape index (κ2) is 10.4. The number of nitrogens with one attached hydrogen (secondary N) is 1. The number of hydrogen-bond donors (Lipinski definition) is 3. The summed E-state index contributed by atoms with van der Waals surface area (Å²) in [6.45, 7) is 5.41. The molecule has 2 aromatic carbocycles. The number of fused-ring (bicyclic) bond motifs is 1. The average molecular weight is 501 g/mol. The van der Waals surface area contributed by atoms with Crippen molar-refractivity contribution < 1.29 is 17.9 Å². The molecule has 1 atom stereocenters. The van der Waals surface area contributed by atoms with Crippen LogP contribution >= 0.6 is 0 Å². The van der Waals surface area contributed by atoms with Crippen LogP contribution in [0, 0.1) is 20.8 Å². The minimum atomic E-state index is -3.94. The molecule has 0 amide bonds. The van der Waals surface area contributed by atoms with Gasteiger partial charge in [-0.15, -0.1) is 0 Å². The van der Waals surface area contributed by atoms with E-state index in [2.05, 4.69) is 14.7 Å². The summed E-state index contributed by atoms with van der Waals surface area (Å²) in [5, 5.41) is 0. The van der Waals surface area contributed by atoms with Gasteiger partial charge in [0, 0.05) is 13.6 Å². The molecular formula is C24H32N6O4S. The zero-order valence-electron chi connectivity index (χ0n) is 20.6. The number of sulfonamides is 1. The van der Waals surface area contributed by atoms with Gasteiger partial charge in [0.25, 0.3) is 10.0 Å². The van der Waals surface area contributed by atoms with E-state index in [9.17, 15) is 13.2 Å². The van der Waals surface area contributed by atoms with Crippen LogP contribution in [0.3, 0.4) is 0 Å². The van der Waals surface area contributed by atoms with Crippen LogP contribution in [0.25, 0.3) is 11.0 Å². The number of methoxy groups -OCH3 is 1. The van der Waals surface area contributed by atoms with Crippen LogP contribution in [0.1, 0.15) is 40.2 Å². The molecule has 35 heavy (non-hydrogen) atoms. The summed E-state index contributed by atoms with van der Waals surface area (Å²) in [6, 6.07) is 8.39. The number of rotatable bonds is 9. The Balaban J connectivity index is 1.61. The molecule has 0 saturated heterocycles. The lowest BCUT2D eigenvalue weighted by Gasteiger charge is -2.17. The molecule has 0 fully saturated rings. The molecule has 0 saturated carbocycles. The lowest BCUT2D eigenvalue weighted by Crippen LogP contribution is -2.37. The Morgan fingerprint density at radius 1 is 1.23 bits per heavy atom. The minimum absolute atomic E-state index is 0.143. The second-order valence-corrected chi connectivity index (χ2v) is 10.1. The molecule has 0 aliphatic carbocycles. The number of hydrogen-bond acceptors (Lipinski definition) is 7. The molecule has 1 heterocycles. The van der Waals surface area contributed by atoms with E-state index in [1.165, 1.54) is 7.11 Å². The molecule has 1 aromatic heterocycles. The average Bonchev–Trinajstić information content (AvgIpc) is 3.14. The summed E-state index contributed by atoms with van der Waals surface area (Å²) >= 11 is 0. The van der Waals surface area contributed by atoms with Crippen molar-refractivity contribution in [1.82, 2.24) is 14.3 Å². The molecule has 11 heteroatoms. The lowest BCUT2D eigenvalue weighted by molar-refractivity contribution is 0.0943. The second-order valence-electron chi connectivity index (χ2n) is 8.44. The molecule has 0 unspecified atom stereocenters. The predicted molar refractivity (Wildman–Crippen MR) is 136 cm³/mol. The maximum absolute atomic E-state index is 12.9. The fraction of sp³-hybridized carbons (Fsp3) is 0.375. The van der Waals surface area contributed by atoms with Gasteiger partial charge in [-0.05, 0) is 68.5 Å². The van der Waals surface area contributed by atoms with Crippen LogP contribution in [0.4, 0.5) is 0 Å². The first-order chi connectivity index (χ1) is 16.5. The Labute approximate surface area is 205 Å². The summed E-state index contributed by atoms with van der Waals surface area (Å²) in [5.74, 6) is 0.426. The first-order valence-corrected chi connectivity index (χ1v) is 12.6. The van der Waals surface area contributed by atoms with Gasteiger partial charge in [0.15, 0.2) is 5.82 Å². The number of ether oxygens (including phenoxy) is 1. The topological polar surface area (TPSA) is 155 Å². The molecule has 5 N–H and O–H groups in total. The van der Waals surface area contributed by atoms with E-state index >= 15 is 0 Å². The first kappa shape index (κ1) is 26.2. The van der Waals surface area contributed by atoms with Gasteiger partial charge in [0.05, 0.1) is 29.1 Å². The number of carbonyl (C=O) groups excluding carboxylic acids is 1. The number of aliphatic imine (C=N–C) groups is 1. The van der Waals surface area contributed by atoms with Crippen molar-refractivity contribution in [3.8, 4) is 5.75 Å². The van der Waals surface area contributed by atoms with E-state index < -0.39 is 16.1 Å². The van der Waals surface area contributed by atoms with Crippen LogP contribution in [-0.2, 0) is 17.1 Å². The van der Waals surface area contributed by atoms with Crippen molar-refractivity contribution >= 4 is 32.8 Å². The van der Waals surface area contributed by atoms with Crippen molar-refractivity contribution in [2.75, 3.05) is 13.7 Å². The third-order valence-electron chi connectivity index (χ3n) is 6.01. The largest absolute Gasteiger partial charge is 0.496 e. The smallest absolute Gasteiger partial charge is 0.264 e. The fourth-order valence-electron chi connectivity index (χ4n) is 4.04. The molecule has 188 valence electrons. The maximum atomic E-state index is 12.9. The molecule has 0 spiro atoms. The SMILES string of the molecule is COc1cc(C)c(S(=O)(=O)NC(N)=NCCC[C@H](N)C(=O)c2nc3ccccc3n2C)c(C)c1C. The highest BCUT2D eigenvalue weighted by atomic mass is 32.2. The monoisotopic (exact) mass is 500 g/mol. The van der Waals surface area contributed by atoms with Crippen LogP contribution in [-0.4, -0.2) is 49.4 Å². The summed E-state index contributed by atoms with van der Waals surface area (Å²) in [4.78, 5) is 21.4. The normalized spacial score (nSPS) is 13.1. The number of para-hydroxylation sites is 2. The molecule has 3 rings (SSSR count).